The van der Waals surface area contributed by atoms with Crippen LogP contribution in [0.2, 0.25) is 0 Å². The number of fused-ring (bicyclic) bond motifs is 3. The predicted molar refractivity (Wildman–Crippen MR) is 60.5 cm³/mol. The summed E-state index contributed by atoms with van der Waals surface area (Å²) in [6.45, 7) is 1.98. The van der Waals surface area contributed by atoms with Crippen LogP contribution in [0.1, 0.15) is 5.56 Å². The topological polar surface area (TPSA) is 89.6 Å². The molecule has 0 aliphatic carbocycles. The summed E-state index contributed by atoms with van der Waals surface area (Å²) < 4.78 is 0. The van der Waals surface area contributed by atoms with Crippen molar-refractivity contribution in [1.82, 2.24) is 20.1 Å². The van der Waals surface area contributed by atoms with Crippen LogP contribution in [0.3, 0.4) is 0 Å². The molecule has 3 aromatic rings. The van der Waals surface area contributed by atoms with Gasteiger partial charge in [0, 0.05) is 10.9 Å². The fourth-order valence-corrected chi connectivity index (χ4v) is 1.80. The molecule has 0 fully saturated rings. The first kappa shape index (κ1) is 8.90. The Labute approximate surface area is 89.6 Å². The third kappa shape index (κ3) is 1.04. The summed E-state index contributed by atoms with van der Waals surface area (Å²) in [6.07, 6.45) is 0. The Balaban J connectivity index is 2.61. The zero-order chi connectivity index (χ0) is 11.3. The summed E-state index contributed by atoms with van der Waals surface area (Å²) in [4.78, 5) is 15.4. The number of rotatable bonds is 0. The fourth-order valence-electron chi connectivity index (χ4n) is 1.80. The van der Waals surface area contributed by atoms with Gasteiger partial charge in [0.15, 0.2) is 0 Å². The maximum absolute atomic E-state index is 11.7. The summed E-state index contributed by atoms with van der Waals surface area (Å²) in [5.74, 6) is 5.35. The van der Waals surface area contributed by atoms with Crippen molar-refractivity contribution in [1.29, 1.82) is 0 Å². The second kappa shape index (κ2) is 2.82. The number of H-pyrrole nitrogens is 1. The number of benzene rings is 1. The van der Waals surface area contributed by atoms with Gasteiger partial charge in [-0.25, -0.2) is 0 Å². The first-order valence-electron chi connectivity index (χ1n) is 4.80. The number of aryl methyl sites for hydroxylation is 1. The van der Waals surface area contributed by atoms with E-state index in [0.717, 1.165) is 21.3 Å². The molecule has 16 heavy (non-hydrogen) atoms. The van der Waals surface area contributed by atoms with Gasteiger partial charge in [-0.15, -0.1) is 9.89 Å². The molecule has 0 spiro atoms. The van der Waals surface area contributed by atoms with Crippen LogP contribution in [-0.4, -0.2) is 20.1 Å². The first-order valence-corrected chi connectivity index (χ1v) is 4.80. The van der Waals surface area contributed by atoms with Crippen molar-refractivity contribution in [3.8, 4) is 0 Å². The highest BCUT2D eigenvalue weighted by atomic mass is 16.1. The van der Waals surface area contributed by atoms with Crippen LogP contribution in [-0.2, 0) is 0 Å². The molecule has 6 heteroatoms. The van der Waals surface area contributed by atoms with Gasteiger partial charge in [-0.3, -0.25) is 4.79 Å². The van der Waals surface area contributed by atoms with Crippen molar-refractivity contribution in [2.45, 2.75) is 6.92 Å². The zero-order valence-corrected chi connectivity index (χ0v) is 8.56. The highest BCUT2D eigenvalue weighted by Crippen LogP contribution is 2.21. The van der Waals surface area contributed by atoms with Crippen molar-refractivity contribution in [2.75, 3.05) is 5.84 Å². The number of hydrogen-bond acceptors (Lipinski definition) is 4. The van der Waals surface area contributed by atoms with Crippen molar-refractivity contribution in [2.24, 2.45) is 0 Å². The van der Waals surface area contributed by atoms with Gasteiger partial charge in [-0.2, -0.15) is 0 Å². The lowest BCUT2D eigenvalue weighted by molar-refractivity contribution is 0.702. The van der Waals surface area contributed by atoms with Crippen LogP contribution < -0.4 is 11.4 Å². The third-order valence-electron chi connectivity index (χ3n) is 2.59. The Morgan fingerprint density at radius 1 is 1.44 bits per heavy atom. The van der Waals surface area contributed by atoms with Crippen LogP contribution >= 0.6 is 0 Å². The summed E-state index contributed by atoms with van der Waals surface area (Å²) >= 11 is 0. The summed E-state index contributed by atoms with van der Waals surface area (Å²) in [5, 5.41) is 8.39. The summed E-state index contributed by atoms with van der Waals surface area (Å²) in [5.41, 5.74) is 2.53. The van der Waals surface area contributed by atoms with Crippen LogP contribution in [0.15, 0.2) is 23.0 Å². The van der Waals surface area contributed by atoms with E-state index in [0.29, 0.717) is 11.0 Å². The molecule has 0 radical (unpaired) electrons. The minimum atomic E-state index is -0.376. The highest BCUT2D eigenvalue weighted by Gasteiger charge is 2.10. The summed E-state index contributed by atoms with van der Waals surface area (Å²) in [6, 6.07) is 5.84. The van der Waals surface area contributed by atoms with E-state index in [1.807, 2.05) is 25.1 Å². The number of nitrogens with one attached hydrogen (secondary N) is 1. The molecule has 0 atom stereocenters. The largest absolute Gasteiger partial charge is 0.348 e. The molecule has 0 saturated heterocycles. The molecule has 6 nitrogen and oxygen atoms in total. The third-order valence-corrected chi connectivity index (χ3v) is 2.59. The average molecular weight is 215 g/mol. The standard InChI is InChI=1S/C10H9N5O/c1-5-2-3-7-6(4-5)8-9(12-7)10(16)15(11)14-13-8/h2-4,12H,11H2,1H3. The van der Waals surface area contributed by atoms with E-state index in [1.165, 1.54) is 0 Å². The fraction of sp³-hybridized carbons (Fsp3) is 0.100. The Hall–Kier alpha value is -2.37. The van der Waals surface area contributed by atoms with E-state index >= 15 is 0 Å². The smallest absolute Gasteiger partial charge is 0.313 e. The Bertz CT molecular complexity index is 755. The van der Waals surface area contributed by atoms with E-state index in [1.54, 1.807) is 0 Å². The lowest BCUT2D eigenvalue weighted by Crippen LogP contribution is -2.30. The highest BCUT2D eigenvalue weighted by molar-refractivity contribution is 6.04. The van der Waals surface area contributed by atoms with Crippen LogP contribution in [0.25, 0.3) is 21.9 Å². The quantitative estimate of drug-likeness (QED) is 0.527. The van der Waals surface area contributed by atoms with Crippen molar-refractivity contribution >= 4 is 21.9 Å². The molecule has 2 heterocycles. The van der Waals surface area contributed by atoms with E-state index < -0.39 is 0 Å². The van der Waals surface area contributed by atoms with Gasteiger partial charge in [0.25, 0.3) is 0 Å². The van der Waals surface area contributed by atoms with Gasteiger partial charge in [0.2, 0.25) is 0 Å². The molecule has 2 aromatic heterocycles. The number of nitrogens with zero attached hydrogens (tertiary/aromatic N) is 3. The second-order valence-electron chi connectivity index (χ2n) is 3.74. The number of nitrogen functional groups attached to an aromatic ring is 1. The second-order valence-corrected chi connectivity index (χ2v) is 3.74. The van der Waals surface area contributed by atoms with Gasteiger partial charge < -0.3 is 10.8 Å². The Kier molecular flexibility index (Phi) is 1.57. The van der Waals surface area contributed by atoms with Crippen molar-refractivity contribution < 1.29 is 0 Å². The van der Waals surface area contributed by atoms with Gasteiger partial charge in [0.1, 0.15) is 11.0 Å². The molecule has 3 N–H and O–H groups in total. The SMILES string of the molecule is Cc1ccc2[nH]c3c(=O)n(N)nnc3c2c1. The average Bonchev–Trinajstić information content (AvgIpc) is 2.62. The molecule has 3 rings (SSSR count). The Morgan fingerprint density at radius 3 is 3.06 bits per heavy atom. The molecule has 1 aromatic carbocycles. The minimum Gasteiger partial charge on any atom is -0.348 e. The van der Waals surface area contributed by atoms with Crippen LogP contribution in [0.4, 0.5) is 0 Å². The molecule has 80 valence electrons. The maximum Gasteiger partial charge on any atom is 0.313 e. The predicted octanol–water partition coefficient (Wildman–Crippen LogP) is 0.295. The van der Waals surface area contributed by atoms with Gasteiger partial charge >= 0.3 is 5.56 Å². The first-order chi connectivity index (χ1) is 7.66. The molecule has 0 amide bonds. The van der Waals surface area contributed by atoms with Crippen LogP contribution in [0, 0.1) is 6.92 Å². The molecular weight excluding hydrogens is 206 g/mol. The number of aromatic amines is 1. The van der Waals surface area contributed by atoms with E-state index in [9.17, 15) is 4.79 Å². The molecule has 0 unspecified atom stereocenters. The Morgan fingerprint density at radius 2 is 2.25 bits per heavy atom. The molecule has 0 bridgehead atoms. The van der Waals surface area contributed by atoms with E-state index in [2.05, 4.69) is 15.3 Å². The summed E-state index contributed by atoms with van der Waals surface area (Å²) in [7, 11) is 0. The lowest BCUT2D eigenvalue weighted by atomic mass is 10.2. The normalized spacial score (nSPS) is 11.3. The van der Waals surface area contributed by atoms with Crippen molar-refractivity contribution in [3.05, 3.63) is 34.1 Å². The van der Waals surface area contributed by atoms with Gasteiger partial charge in [-0.1, -0.05) is 11.6 Å². The van der Waals surface area contributed by atoms with Gasteiger partial charge in [-0.05, 0) is 24.3 Å². The maximum atomic E-state index is 11.7. The van der Waals surface area contributed by atoms with E-state index in [-0.39, 0.29) is 5.56 Å². The number of aromatic nitrogens is 4. The van der Waals surface area contributed by atoms with Gasteiger partial charge in [0.05, 0.1) is 0 Å². The monoisotopic (exact) mass is 215 g/mol. The minimum absolute atomic E-state index is 0.376. The van der Waals surface area contributed by atoms with E-state index in [4.69, 9.17) is 5.84 Å². The van der Waals surface area contributed by atoms with Crippen molar-refractivity contribution in [3.63, 3.8) is 0 Å². The molecule has 0 aliphatic heterocycles. The molecule has 0 saturated carbocycles. The number of hydrogen-bond donors (Lipinski definition) is 2. The molecule has 0 aliphatic rings. The zero-order valence-electron chi connectivity index (χ0n) is 8.56. The molecular formula is C10H9N5O. The number of nitrogens with two attached hydrogens (primary N) is 1. The van der Waals surface area contributed by atoms with Crippen LogP contribution in [0.5, 0.6) is 0 Å². The lowest BCUT2D eigenvalue weighted by Gasteiger charge is -1.93.